The fourth-order valence-corrected chi connectivity index (χ4v) is 3.06. The van der Waals surface area contributed by atoms with Gasteiger partial charge in [-0.25, -0.2) is 0 Å². The molecule has 31 heavy (non-hydrogen) atoms. The van der Waals surface area contributed by atoms with Gasteiger partial charge in [0.1, 0.15) is 0 Å². The third-order valence-corrected chi connectivity index (χ3v) is 9.06. The molecule has 0 rings (SSSR count). The molecular weight excluding hydrogens is 477 g/mol. The molecule has 192 valence electrons. The molecule has 0 bridgehead atoms. The summed E-state index contributed by atoms with van der Waals surface area (Å²) >= 11 is 0. The predicted molar refractivity (Wildman–Crippen MR) is 117 cm³/mol. The van der Waals surface area contributed by atoms with Crippen molar-refractivity contribution in [3.8, 4) is 0 Å². The van der Waals surface area contributed by atoms with Crippen molar-refractivity contribution >= 4 is 22.8 Å². The van der Waals surface area contributed by atoms with Crippen LogP contribution in [0, 0.1) is 0 Å². The minimum absolute atomic E-state index is 0.0529. The monoisotopic (exact) mass is 518 g/mol. The zero-order chi connectivity index (χ0) is 25.9. The lowest BCUT2D eigenvalue weighted by atomic mass is 10.1. The normalized spacial score (nSPS) is 18.3. The molecule has 15 heteroatoms. The molecule has 0 spiro atoms. The van der Waals surface area contributed by atoms with Crippen LogP contribution >= 0.6 is 22.8 Å². The van der Waals surface area contributed by atoms with Gasteiger partial charge in [-0.05, 0) is 46.5 Å². The summed E-state index contributed by atoms with van der Waals surface area (Å²) < 4.78 is 31.5. The van der Waals surface area contributed by atoms with E-state index in [4.69, 9.17) is 39.6 Å². The van der Waals surface area contributed by atoms with Crippen LogP contribution in [-0.2, 0) is 13.7 Å². The maximum Gasteiger partial charge on any atom is 0.356 e. The van der Waals surface area contributed by atoms with Gasteiger partial charge in [0, 0.05) is 0 Å². The van der Waals surface area contributed by atoms with Gasteiger partial charge in [-0.15, -0.1) is 0 Å². The first-order chi connectivity index (χ1) is 13.4. The Morgan fingerprint density at radius 1 is 0.548 bits per heavy atom. The van der Waals surface area contributed by atoms with Gasteiger partial charge in [-0.2, -0.15) is 0 Å². The molecular formula is C16H41O12P3. The van der Waals surface area contributed by atoms with Gasteiger partial charge in [-0.3, -0.25) is 13.7 Å². The van der Waals surface area contributed by atoms with Crippen LogP contribution < -0.4 is 0 Å². The first kappa shape index (κ1) is 35.9. The second kappa shape index (κ2) is 13.9. The molecule has 0 amide bonds. The highest BCUT2D eigenvalue weighted by Gasteiger charge is 2.40. The minimum Gasteiger partial charge on any atom is -0.378 e. The van der Waals surface area contributed by atoms with Crippen LogP contribution in [0.5, 0.6) is 0 Å². The Kier molecular flexibility index (Phi) is 16.1. The lowest BCUT2D eigenvalue weighted by molar-refractivity contribution is 0.0973. The summed E-state index contributed by atoms with van der Waals surface area (Å²) in [6.45, 7) is 8.71. The second-order valence-electron chi connectivity index (χ2n) is 7.84. The van der Waals surface area contributed by atoms with E-state index in [1.807, 2.05) is 6.92 Å². The predicted octanol–water partition coefficient (Wildman–Crippen LogP) is 2.41. The Bertz CT molecular complexity index is 630. The molecule has 0 saturated carbocycles. The largest absolute Gasteiger partial charge is 0.378 e. The first-order valence-corrected chi connectivity index (χ1v) is 14.6. The summed E-state index contributed by atoms with van der Waals surface area (Å²) in [5, 5.41) is 21.8. The van der Waals surface area contributed by atoms with E-state index < -0.39 is 38.8 Å². The summed E-state index contributed by atoms with van der Waals surface area (Å²) in [5.74, 6) is 0. The van der Waals surface area contributed by atoms with Crippen molar-refractivity contribution in [1.29, 1.82) is 0 Å². The Morgan fingerprint density at radius 3 is 1.03 bits per heavy atom. The van der Waals surface area contributed by atoms with E-state index in [-0.39, 0.29) is 19.3 Å². The third kappa shape index (κ3) is 15.0. The van der Waals surface area contributed by atoms with Gasteiger partial charge >= 0.3 is 22.8 Å². The topological polar surface area (TPSA) is 233 Å². The quantitative estimate of drug-likeness (QED) is 0.150. The fourth-order valence-electron chi connectivity index (χ4n) is 1.68. The number of rotatable bonds is 10. The summed E-state index contributed by atoms with van der Waals surface area (Å²) in [4.78, 5) is 51.3. The molecule has 0 aromatic rings. The molecule has 12 nitrogen and oxygen atoms in total. The molecule has 0 saturated heterocycles. The SMILES string of the molecule is CCC(C)(O)P(=O)(O)O.CCCC(C)(O)P(=O)(O)O.CCCCCC(C)(O)P(=O)(O)O. The lowest BCUT2D eigenvalue weighted by Crippen LogP contribution is -2.23. The summed E-state index contributed by atoms with van der Waals surface area (Å²) in [6.07, 6.45) is 3.39. The van der Waals surface area contributed by atoms with Crippen molar-refractivity contribution < 1.29 is 58.4 Å². The average Bonchev–Trinajstić information content (AvgIpc) is 2.53. The highest BCUT2D eigenvalue weighted by atomic mass is 31.2. The molecule has 0 fully saturated rings. The minimum atomic E-state index is -4.35. The van der Waals surface area contributed by atoms with Gasteiger partial charge in [-0.1, -0.05) is 40.0 Å². The first-order valence-electron chi connectivity index (χ1n) is 9.77. The molecule has 0 aliphatic heterocycles. The van der Waals surface area contributed by atoms with E-state index in [0.717, 1.165) is 26.7 Å². The molecule has 9 N–H and O–H groups in total. The van der Waals surface area contributed by atoms with Crippen molar-refractivity contribution in [2.45, 2.75) is 103 Å². The van der Waals surface area contributed by atoms with Gasteiger partial charge in [0.05, 0.1) is 0 Å². The third-order valence-electron chi connectivity index (χ3n) is 4.53. The van der Waals surface area contributed by atoms with Crippen molar-refractivity contribution in [3.05, 3.63) is 0 Å². The molecule has 0 aliphatic carbocycles. The lowest BCUT2D eigenvalue weighted by Gasteiger charge is -2.23. The number of hydrogen-bond acceptors (Lipinski definition) is 6. The fraction of sp³-hybridized carbons (Fsp3) is 1.00. The molecule has 0 aromatic heterocycles. The Labute approximate surface area is 184 Å². The van der Waals surface area contributed by atoms with E-state index >= 15 is 0 Å². The van der Waals surface area contributed by atoms with E-state index in [1.165, 1.54) is 13.8 Å². The van der Waals surface area contributed by atoms with Crippen LogP contribution in [-0.4, -0.2) is 60.7 Å². The molecule has 0 aromatic carbocycles. The average molecular weight is 518 g/mol. The Morgan fingerprint density at radius 2 is 0.871 bits per heavy atom. The molecule has 3 unspecified atom stereocenters. The van der Waals surface area contributed by atoms with Crippen molar-refractivity contribution in [2.24, 2.45) is 0 Å². The number of unbranched alkanes of at least 4 members (excludes halogenated alkanes) is 2. The highest BCUT2D eigenvalue weighted by molar-refractivity contribution is 7.53. The van der Waals surface area contributed by atoms with Gasteiger partial charge in [0.25, 0.3) is 0 Å². The van der Waals surface area contributed by atoms with E-state index in [1.54, 1.807) is 6.92 Å². The van der Waals surface area contributed by atoms with Crippen LogP contribution in [0.15, 0.2) is 0 Å². The zero-order valence-corrected chi connectivity index (χ0v) is 21.7. The molecule has 0 heterocycles. The molecule has 0 aliphatic rings. The summed E-state index contributed by atoms with van der Waals surface area (Å²) in [6, 6.07) is 0. The number of aliphatic hydroxyl groups is 3. The van der Waals surface area contributed by atoms with Crippen LogP contribution in [0.2, 0.25) is 0 Å². The smallest absolute Gasteiger partial charge is 0.356 e. The molecule has 0 radical (unpaired) electrons. The van der Waals surface area contributed by atoms with Crippen LogP contribution in [0.1, 0.15) is 86.5 Å². The van der Waals surface area contributed by atoms with E-state index in [2.05, 4.69) is 0 Å². The highest BCUT2D eigenvalue weighted by Crippen LogP contribution is 2.52. The maximum atomic E-state index is 10.7. The summed E-state index contributed by atoms with van der Waals surface area (Å²) in [7, 11) is -13.0. The summed E-state index contributed by atoms with van der Waals surface area (Å²) in [5.41, 5.74) is 0. The van der Waals surface area contributed by atoms with Crippen LogP contribution in [0.25, 0.3) is 0 Å². The van der Waals surface area contributed by atoms with Gasteiger partial charge < -0.3 is 44.7 Å². The van der Waals surface area contributed by atoms with Crippen molar-refractivity contribution in [1.82, 2.24) is 0 Å². The van der Waals surface area contributed by atoms with Crippen molar-refractivity contribution in [2.75, 3.05) is 0 Å². The van der Waals surface area contributed by atoms with E-state index in [0.29, 0.717) is 12.8 Å². The van der Waals surface area contributed by atoms with Crippen LogP contribution in [0.4, 0.5) is 0 Å². The van der Waals surface area contributed by atoms with Gasteiger partial charge in [0.15, 0.2) is 16.0 Å². The maximum absolute atomic E-state index is 10.7. The second-order valence-corrected chi connectivity index (χ2v) is 14.0. The van der Waals surface area contributed by atoms with E-state index in [9.17, 15) is 18.8 Å². The van der Waals surface area contributed by atoms with Crippen LogP contribution in [0.3, 0.4) is 0 Å². The van der Waals surface area contributed by atoms with Gasteiger partial charge in [0.2, 0.25) is 0 Å². The Balaban J connectivity index is -0.000000384. The van der Waals surface area contributed by atoms with Crippen molar-refractivity contribution in [3.63, 3.8) is 0 Å². The molecule has 3 atom stereocenters. The standard InChI is InChI=1S/C7H17O4P.C5H13O4P.C4H11O4P/c1-3-4-5-6-7(2,8)12(9,10)11;1-3-4-5(2,6)10(7,8)9;1-3-4(2,5)9(6,7)8/h8H,3-6H2,1-2H3,(H2,9,10,11);6H,3-4H2,1-2H3,(H2,7,8,9);5H,3H2,1-2H3,(H2,6,7,8). The Hall–Kier alpha value is 0.330. The number of hydrogen-bond donors (Lipinski definition) is 9. The zero-order valence-electron chi connectivity index (χ0n) is 19.0.